The molecular weight excluding hydrogens is 194 g/mol. The van der Waals surface area contributed by atoms with Gasteiger partial charge in [-0.05, 0) is 6.92 Å². The number of imidazole rings is 1. The molecule has 6 heteroatoms. The summed E-state index contributed by atoms with van der Waals surface area (Å²) < 4.78 is 1.65. The fraction of sp³-hybridized carbons (Fsp3) is 0.444. The van der Waals surface area contributed by atoms with Gasteiger partial charge in [0.1, 0.15) is 6.07 Å². The van der Waals surface area contributed by atoms with Crippen molar-refractivity contribution in [1.29, 1.82) is 5.26 Å². The van der Waals surface area contributed by atoms with Crippen LogP contribution >= 0.6 is 0 Å². The number of carbonyl (C=O) groups excluding carboxylic acids is 1. The van der Waals surface area contributed by atoms with Crippen LogP contribution in [0.25, 0.3) is 0 Å². The van der Waals surface area contributed by atoms with Gasteiger partial charge in [0.15, 0.2) is 0 Å². The van der Waals surface area contributed by atoms with Gasteiger partial charge in [-0.3, -0.25) is 10.2 Å². The molecule has 0 aliphatic rings. The molecule has 6 nitrogen and oxygen atoms in total. The van der Waals surface area contributed by atoms with Gasteiger partial charge in [0.05, 0.1) is 5.92 Å². The highest BCUT2D eigenvalue weighted by Gasteiger charge is 2.22. The van der Waals surface area contributed by atoms with Crippen LogP contribution in [0.1, 0.15) is 25.7 Å². The lowest BCUT2D eigenvalue weighted by Gasteiger charge is -2.20. The highest BCUT2D eigenvalue weighted by molar-refractivity contribution is 5.78. The lowest BCUT2D eigenvalue weighted by atomic mass is 10.0. The van der Waals surface area contributed by atoms with E-state index in [1.807, 2.05) is 13.0 Å². The zero-order valence-electron chi connectivity index (χ0n) is 8.64. The number of nitrogens with one attached hydrogen (secondary N) is 1. The second-order valence-electron chi connectivity index (χ2n) is 3.31. The largest absolute Gasteiger partial charge is 0.319 e. The van der Waals surface area contributed by atoms with E-state index in [0.29, 0.717) is 5.82 Å². The van der Waals surface area contributed by atoms with Gasteiger partial charge >= 0.3 is 0 Å². The molecule has 80 valence electrons. The second-order valence-corrected chi connectivity index (χ2v) is 3.31. The molecule has 0 fully saturated rings. The smallest absolute Gasteiger partial charge is 0.238 e. The third kappa shape index (κ3) is 2.14. The first-order chi connectivity index (χ1) is 7.11. The summed E-state index contributed by atoms with van der Waals surface area (Å²) in [6.07, 6.45) is 3.20. The number of hydrazine groups is 1. The normalized spacial score (nSPS) is 14.0. The number of nitrogens with zero attached hydrogens (tertiary/aromatic N) is 3. The Balaban J connectivity index is 2.90. The highest BCUT2D eigenvalue weighted by Crippen LogP contribution is 2.18. The van der Waals surface area contributed by atoms with Crippen molar-refractivity contribution in [3.8, 4) is 6.07 Å². The molecule has 0 radical (unpaired) electrons. The first kappa shape index (κ1) is 11.2. The van der Waals surface area contributed by atoms with Crippen LogP contribution in [0, 0.1) is 17.2 Å². The Morgan fingerprint density at radius 3 is 2.93 bits per heavy atom. The van der Waals surface area contributed by atoms with Crippen LogP contribution < -0.4 is 11.3 Å². The van der Waals surface area contributed by atoms with Crippen molar-refractivity contribution >= 4 is 5.91 Å². The number of hydrogen-bond acceptors (Lipinski definition) is 4. The van der Waals surface area contributed by atoms with E-state index in [0.717, 1.165) is 0 Å². The van der Waals surface area contributed by atoms with Crippen molar-refractivity contribution in [2.45, 2.75) is 19.9 Å². The van der Waals surface area contributed by atoms with E-state index in [9.17, 15) is 4.79 Å². The average molecular weight is 207 g/mol. The van der Waals surface area contributed by atoms with E-state index in [-0.39, 0.29) is 17.9 Å². The molecule has 0 aromatic carbocycles. The molecule has 0 saturated carbocycles. The van der Waals surface area contributed by atoms with Gasteiger partial charge in [0.2, 0.25) is 11.7 Å². The minimum absolute atomic E-state index is 0.161. The molecule has 0 saturated heterocycles. The van der Waals surface area contributed by atoms with Crippen LogP contribution in [0.15, 0.2) is 12.4 Å². The summed E-state index contributed by atoms with van der Waals surface area (Å²) in [5, 5.41) is 8.78. The Morgan fingerprint density at radius 2 is 2.40 bits per heavy atom. The molecule has 0 bridgehead atoms. The summed E-state index contributed by atoms with van der Waals surface area (Å²) in [7, 11) is 0. The first-order valence-corrected chi connectivity index (χ1v) is 4.55. The third-order valence-electron chi connectivity index (χ3n) is 2.49. The molecule has 1 aromatic rings. The van der Waals surface area contributed by atoms with Crippen molar-refractivity contribution in [3.05, 3.63) is 18.2 Å². The molecule has 1 amide bonds. The van der Waals surface area contributed by atoms with E-state index < -0.39 is 0 Å². The van der Waals surface area contributed by atoms with Gasteiger partial charge in [-0.1, -0.05) is 6.92 Å². The molecule has 3 N–H and O–H groups in total. The lowest BCUT2D eigenvalue weighted by Crippen LogP contribution is -2.37. The molecule has 2 atom stereocenters. The Bertz CT molecular complexity index is 391. The van der Waals surface area contributed by atoms with Crippen LogP contribution in [-0.2, 0) is 4.79 Å². The molecule has 2 unspecified atom stereocenters. The molecule has 0 spiro atoms. The zero-order valence-corrected chi connectivity index (χ0v) is 8.64. The maximum Gasteiger partial charge on any atom is 0.238 e. The lowest BCUT2D eigenvalue weighted by molar-refractivity contribution is -0.125. The van der Waals surface area contributed by atoms with Crippen LogP contribution in [0.3, 0.4) is 0 Å². The van der Waals surface area contributed by atoms with Crippen molar-refractivity contribution in [2.24, 2.45) is 11.8 Å². The SMILES string of the molecule is CC(C(=O)NN)C(C)n1ccnc1C#N. The second kappa shape index (κ2) is 4.57. The number of hydrogen-bond donors (Lipinski definition) is 2. The summed E-state index contributed by atoms with van der Waals surface area (Å²) in [5.74, 6) is 4.75. The number of nitriles is 1. The standard InChI is InChI=1S/C9H13N5O/c1-6(9(15)13-11)7(2)14-4-3-12-8(14)5-10/h3-4,6-7H,11H2,1-2H3,(H,13,15). The molecule has 1 rings (SSSR count). The number of aromatic nitrogens is 2. The maximum atomic E-state index is 11.3. The Hall–Kier alpha value is -1.87. The summed E-state index contributed by atoms with van der Waals surface area (Å²) in [6, 6.07) is 1.80. The van der Waals surface area contributed by atoms with Gasteiger partial charge < -0.3 is 4.57 Å². The number of carbonyl (C=O) groups is 1. The number of rotatable bonds is 3. The summed E-state index contributed by atoms with van der Waals surface area (Å²) >= 11 is 0. The quantitative estimate of drug-likeness (QED) is 0.412. The fourth-order valence-corrected chi connectivity index (χ4v) is 1.32. The maximum absolute atomic E-state index is 11.3. The average Bonchev–Trinajstić information content (AvgIpc) is 2.73. The molecule has 0 aliphatic carbocycles. The van der Waals surface area contributed by atoms with Crippen molar-refractivity contribution in [1.82, 2.24) is 15.0 Å². The van der Waals surface area contributed by atoms with E-state index in [1.54, 1.807) is 17.7 Å². The van der Waals surface area contributed by atoms with Crippen molar-refractivity contribution < 1.29 is 4.79 Å². The molecular formula is C9H13N5O. The minimum atomic E-state index is -0.323. The van der Waals surface area contributed by atoms with Gasteiger partial charge in [0, 0.05) is 18.4 Å². The van der Waals surface area contributed by atoms with Crippen molar-refractivity contribution in [3.63, 3.8) is 0 Å². The molecule has 15 heavy (non-hydrogen) atoms. The van der Waals surface area contributed by atoms with Crippen LogP contribution in [0.4, 0.5) is 0 Å². The van der Waals surface area contributed by atoms with Gasteiger partial charge in [-0.25, -0.2) is 10.8 Å². The molecule has 1 aromatic heterocycles. The third-order valence-corrected chi connectivity index (χ3v) is 2.49. The van der Waals surface area contributed by atoms with Gasteiger partial charge in [-0.2, -0.15) is 5.26 Å². The van der Waals surface area contributed by atoms with Crippen LogP contribution in [0.5, 0.6) is 0 Å². The number of nitrogens with two attached hydrogens (primary N) is 1. The summed E-state index contributed by atoms with van der Waals surface area (Å²) in [5.41, 5.74) is 2.09. The summed E-state index contributed by atoms with van der Waals surface area (Å²) in [6.45, 7) is 3.58. The fourth-order valence-electron chi connectivity index (χ4n) is 1.32. The van der Waals surface area contributed by atoms with Crippen molar-refractivity contribution in [2.75, 3.05) is 0 Å². The monoisotopic (exact) mass is 207 g/mol. The first-order valence-electron chi connectivity index (χ1n) is 4.55. The Kier molecular flexibility index (Phi) is 3.42. The predicted molar refractivity (Wildman–Crippen MR) is 53.1 cm³/mol. The Morgan fingerprint density at radius 1 is 1.73 bits per heavy atom. The van der Waals surface area contributed by atoms with Crippen LogP contribution in [-0.4, -0.2) is 15.5 Å². The summed E-state index contributed by atoms with van der Waals surface area (Å²) in [4.78, 5) is 15.2. The number of amides is 1. The topological polar surface area (TPSA) is 96.7 Å². The zero-order chi connectivity index (χ0) is 11.4. The molecule has 0 aliphatic heterocycles. The molecule has 1 heterocycles. The van der Waals surface area contributed by atoms with E-state index in [2.05, 4.69) is 10.4 Å². The van der Waals surface area contributed by atoms with E-state index >= 15 is 0 Å². The minimum Gasteiger partial charge on any atom is -0.319 e. The van der Waals surface area contributed by atoms with E-state index in [4.69, 9.17) is 11.1 Å². The highest BCUT2D eigenvalue weighted by atomic mass is 16.2. The van der Waals surface area contributed by atoms with Gasteiger partial charge in [0.25, 0.3) is 0 Å². The van der Waals surface area contributed by atoms with Crippen LogP contribution in [0.2, 0.25) is 0 Å². The van der Waals surface area contributed by atoms with Gasteiger partial charge in [-0.15, -0.1) is 0 Å². The Labute approximate surface area is 87.7 Å². The predicted octanol–water partition coefficient (Wildman–Crippen LogP) is -0.0582. The van der Waals surface area contributed by atoms with E-state index in [1.165, 1.54) is 6.20 Å².